The van der Waals surface area contributed by atoms with Gasteiger partial charge in [0.05, 0.1) is 17.9 Å². The number of hydrogen-bond acceptors (Lipinski definition) is 4. The normalized spacial score (nSPS) is 13.8. The molecule has 28 heavy (non-hydrogen) atoms. The molecule has 6 nitrogen and oxygen atoms in total. The lowest BCUT2D eigenvalue weighted by Crippen LogP contribution is -2.39. The number of pyridine rings is 1. The summed E-state index contributed by atoms with van der Waals surface area (Å²) in [5.74, 6) is 0.160. The number of nitrogens with one attached hydrogen (secondary N) is 1. The van der Waals surface area contributed by atoms with Gasteiger partial charge in [0.15, 0.2) is 18.2 Å². The molecule has 0 unspecified atom stereocenters. The van der Waals surface area contributed by atoms with Crippen LogP contribution in [0.5, 0.6) is 5.75 Å². The van der Waals surface area contributed by atoms with Gasteiger partial charge in [-0.25, -0.2) is 9.37 Å². The number of fused-ring (bicyclic) bond motifs is 1. The van der Waals surface area contributed by atoms with E-state index in [0.29, 0.717) is 29.4 Å². The largest absolute Gasteiger partial charge is 0.480 e. The zero-order valence-electron chi connectivity index (χ0n) is 16.5. The molecular weight excluding hydrogens is 361 g/mol. The Hall–Kier alpha value is -2.96. The molecule has 0 saturated carbocycles. The smallest absolute Gasteiger partial charge is 0.266 e. The van der Waals surface area contributed by atoms with Gasteiger partial charge in [-0.15, -0.1) is 0 Å². The molecule has 1 aliphatic rings. The average molecular weight is 385 g/mol. The lowest BCUT2D eigenvalue weighted by molar-refractivity contribution is -0.121. The SMILES string of the molecule is Cc1nc2c(cc1NC(=O)CC(C)(C)C)OCC(=O)N2Cc1ccc(F)cc1. The molecule has 1 aromatic heterocycles. The predicted octanol–water partition coefficient (Wildman–Crippen LogP) is 3.83. The maximum Gasteiger partial charge on any atom is 0.266 e. The fourth-order valence-corrected chi connectivity index (χ4v) is 2.95. The van der Waals surface area contributed by atoms with Gasteiger partial charge in [-0.3, -0.25) is 14.5 Å². The van der Waals surface area contributed by atoms with Crippen molar-refractivity contribution in [2.45, 2.75) is 40.7 Å². The maximum absolute atomic E-state index is 13.1. The highest BCUT2D eigenvalue weighted by Gasteiger charge is 2.28. The van der Waals surface area contributed by atoms with E-state index in [9.17, 15) is 14.0 Å². The van der Waals surface area contributed by atoms with E-state index in [1.807, 2.05) is 20.8 Å². The average Bonchev–Trinajstić information content (AvgIpc) is 2.59. The Bertz CT molecular complexity index is 904. The molecule has 1 aliphatic heterocycles. The van der Waals surface area contributed by atoms with Crippen LogP contribution in [0.15, 0.2) is 30.3 Å². The van der Waals surface area contributed by atoms with Crippen LogP contribution in [-0.4, -0.2) is 23.4 Å². The van der Waals surface area contributed by atoms with Crippen molar-refractivity contribution in [3.63, 3.8) is 0 Å². The molecule has 0 fully saturated rings. The van der Waals surface area contributed by atoms with Gasteiger partial charge in [-0.2, -0.15) is 0 Å². The van der Waals surface area contributed by atoms with E-state index in [1.54, 1.807) is 25.1 Å². The van der Waals surface area contributed by atoms with Crippen LogP contribution in [0.1, 0.15) is 38.4 Å². The van der Waals surface area contributed by atoms with E-state index in [-0.39, 0.29) is 36.2 Å². The van der Waals surface area contributed by atoms with E-state index in [0.717, 1.165) is 5.56 Å². The number of amides is 2. The summed E-state index contributed by atoms with van der Waals surface area (Å²) in [6.07, 6.45) is 0.375. The van der Waals surface area contributed by atoms with Crippen molar-refractivity contribution in [3.8, 4) is 5.75 Å². The second-order valence-electron chi connectivity index (χ2n) is 8.12. The number of halogens is 1. The molecule has 2 amide bonds. The van der Waals surface area contributed by atoms with Crippen molar-refractivity contribution in [2.75, 3.05) is 16.8 Å². The Morgan fingerprint density at radius 2 is 1.96 bits per heavy atom. The van der Waals surface area contributed by atoms with Crippen LogP contribution >= 0.6 is 0 Å². The number of rotatable bonds is 4. The summed E-state index contributed by atoms with van der Waals surface area (Å²) in [7, 11) is 0. The van der Waals surface area contributed by atoms with Gasteiger partial charge >= 0.3 is 0 Å². The van der Waals surface area contributed by atoms with Crippen molar-refractivity contribution < 1.29 is 18.7 Å². The first kappa shape index (κ1) is 19.8. The van der Waals surface area contributed by atoms with E-state index < -0.39 is 0 Å². The molecular formula is C21H24FN3O3. The zero-order chi connectivity index (χ0) is 20.5. The first-order chi connectivity index (χ1) is 13.1. The van der Waals surface area contributed by atoms with E-state index >= 15 is 0 Å². The predicted molar refractivity (Wildman–Crippen MR) is 105 cm³/mol. The van der Waals surface area contributed by atoms with Crippen molar-refractivity contribution in [3.05, 3.63) is 47.4 Å². The van der Waals surface area contributed by atoms with Gasteiger partial charge in [-0.1, -0.05) is 32.9 Å². The minimum absolute atomic E-state index is 0.104. The highest BCUT2D eigenvalue weighted by molar-refractivity contribution is 5.98. The fraction of sp³-hybridized carbons (Fsp3) is 0.381. The Morgan fingerprint density at radius 1 is 1.29 bits per heavy atom. The minimum atomic E-state index is -0.331. The van der Waals surface area contributed by atoms with Crippen LogP contribution in [0.3, 0.4) is 0 Å². The molecule has 1 N–H and O–H groups in total. The number of aromatic nitrogens is 1. The van der Waals surface area contributed by atoms with Crippen LogP contribution in [0.4, 0.5) is 15.9 Å². The highest BCUT2D eigenvalue weighted by Crippen LogP contribution is 2.35. The molecule has 0 spiro atoms. The highest BCUT2D eigenvalue weighted by atomic mass is 19.1. The van der Waals surface area contributed by atoms with Crippen LogP contribution in [-0.2, 0) is 16.1 Å². The van der Waals surface area contributed by atoms with Crippen LogP contribution < -0.4 is 15.0 Å². The van der Waals surface area contributed by atoms with Gasteiger partial charge in [0.2, 0.25) is 5.91 Å². The number of aryl methyl sites for hydroxylation is 1. The summed E-state index contributed by atoms with van der Waals surface area (Å²) >= 11 is 0. The summed E-state index contributed by atoms with van der Waals surface area (Å²) in [6, 6.07) is 7.67. The molecule has 0 radical (unpaired) electrons. The molecule has 7 heteroatoms. The minimum Gasteiger partial charge on any atom is -0.480 e. The van der Waals surface area contributed by atoms with Gasteiger partial charge in [-0.05, 0) is 30.0 Å². The third kappa shape index (κ3) is 4.65. The van der Waals surface area contributed by atoms with Crippen LogP contribution in [0.2, 0.25) is 0 Å². The van der Waals surface area contributed by atoms with Crippen LogP contribution in [0, 0.1) is 18.2 Å². The van der Waals surface area contributed by atoms with Gasteiger partial charge in [0.1, 0.15) is 5.82 Å². The standard InChI is InChI=1S/C21H24FN3O3/c1-13-16(24-18(26)10-21(2,3)4)9-17-20(23-13)25(19(27)12-28-17)11-14-5-7-15(22)8-6-14/h5-9H,10-12H2,1-4H3,(H,24,26). The monoisotopic (exact) mass is 385 g/mol. The van der Waals surface area contributed by atoms with E-state index in [4.69, 9.17) is 4.74 Å². The lowest BCUT2D eigenvalue weighted by Gasteiger charge is -2.29. The summed E-state index contributed by atoms with van der Waals surface area (Å²) in [4.78, 5) is 30.6. The molecule has 1 aromatic carbocycles. The third-order valence-electron chi connectivity index (χ3n) is 4.29. The third-order valence-corrected chi connectivity index (χ3v) is 4.29. The second kappa shape index (κ2) is 7.58. The second-order valence-corrected chi connectivity index (χ2v) is 8.12. The van der Waals surface area contributed by atoms with Crippen molar-refractivity contribution in [1.29, 1.82) is 0 Å². The quantitative estimate of drug-likeness (QED) is 0.868. The van der Waals surface area contributed by atoms with Gasteiger partial charge in [0, 0.05) is 12.5 Å². The molecule has 2 aromatic rings. The molecule has 3 rings (SSSR count). The first-order valence-corrected chi connectivity index (χ1v) is 9.11. The first-order valence-electron chi connectivity index (χ1n) is 9.11. The molecule has 0 aliphatic carbocycles. The fourth-order valence-electron chi connectivity index (χ4n) is 2.95. The van der Waals surface area contributed by atoms with E-state index in [1.165, 1.54) is 17.0 Å². The summed E-state index contributed by atoms with van der Waals surface area (Å²) < 4.78 is 18.7. The van der Waals surface area contributed by atoms with Crippen molar-refractivity contribution >= 4 is 23.3 Å². The lowest BCUT2D eigenvalue weighted by atomic mass is 9.92. The Balaban J connectivity index is 1.85. The number of hydrogen-bond donors (Lipinski definition) is 1. The Morgan fingerprint density at radius 3 is 2.61 bits per heavy atom. The molecule has 148 valence electrons. The maximum atomic E-state index is 13.1. The summed E-state index contributed by atoms with van der Waals surface area (Å²) in [5.41, 5.74) is 1.80. The van der Waals surface area contributed by atoms with Crippen molar-refractivity contribution in [2.24, 2.45) is 5.41 Å². The number of carbonyl (C=O) groups is 2. The van der Waals surface area contributed by atoms with Gasteiger partial charge < -0.3 is 10.1 Å². The summed E-state index contributed by atoms with van der Waals surface area (Å²) in [6.45, 7) is 7.89. The topological polar surface area (TPSA) is 71.5 Å². The number of benzene rings is 1. The number of carbonyl (C=O) groups excluding carboxylic acids is 2. The van der Waals surface area contributed by atoms with Crippen LogP contribution in [0.25, 0.3) is 0 Å². The number of anilines is 2. The number of ether oxygens (including phenoxy) is 1. The Kier molecular flexibility index (Phi) is 5.36. The van der Waals surface area contributed by atoms with Crippen molar-refractivity contribution in [1.82, 2.24) is 4.98 Å². The zero-order valence-corrected chi connectivity index (χ0v) is 16.5. The van der Waals surface area contributed by atoms with Gasteiger partial charge in [0.25, 0.3) is 5.91 Å². The number of nitrogens with zero attached hydrogens (tertiary/aromatic N) is 2. The Labute approximate surface area is 163 Å². The summed E-state index contributed by atoms with van der Waals surface area (Å²) in [5, 5.41) is 2.87. The molecule has 0 bridgehead atoms. The molecule has 0 atom stereocenters. The molecule has 0 saturated heterocycles. The van der Waals surface area contributed by atoms with E-state index in [2.05, 4.69) is 10.3 Å². The molecule has 2 heterocycles.